The van der Waals surface area contributed by atoms with Gasteiger partial charge in [-0.1, -0.05) is 6.07 Å². The lowest BCUT2D eigenvalue weighted by molar-refractivity contribution is 0.198. The molecule has 1 aromatic carbocycles. The highest BCUT2D eigenvalue weighted by atomic mass is 16.5. The summed E-state index contributed by atoms with van der Waals surface area (Å²) in [6, 6.07) is 6.57. The number of benzene rings is 1. The van der Waals surface area contributed by atoms with E-state index in [0.717, 1.165) is 37.6 Å². The molecule has 1 aromatic rings. The Labute approximate surface area is 109 Å². The van der Waals surface area contributed by atoms with E-state index in [-0.39, 0.29) is 0 Å². The van der Waals surface area contributed by atoms with Crippen molar-refractivity contribution >= 4 is 0 Å². The first-order chi connectivity index (χ1) is 8.74. The Morgan fingerprint density at radius 2 is 2.17 bits per heavy atom. The van der Waals surface area contributed by atoms with E-state index in [1.54, 1.807) is 14.2 Å². The topological polar surface area (TPSA) is 33.7 Å². The zero-order valence-corrected chi connectivity index (χ0v) is 11.4. The number of hydrogen-bond donors (Lipinski definition) is 1. The number of methoxy groups -OCH3 is 2. The van der Waals surface area contributed by atoms with Crippen LogP contribution in [-0.2, 0) is 6.42 Å². The molecular formula is C14H22N2O2. The lowest BCUT2D eigenvalue weighted by Crippen LogP contribution is -2.50. The van der Waals surface area contributed by atoms with Gasteiger partial charge in [0.1, 0.15) is 11.5 Å². The zero-order chi connectivity index (χ0) is 13.0. The van der Waals surface area contributed by atoms with Gasteiger partial charge in [-0.15, -0.1) is 0 Å². The Morgan fingerprint density at radius 1 is 1.33 bits per heavy atom. The molecule has 4 nitrogen and oxygen atoms in total. The van der Waals surface area contributed by atoms with E-state index in [4.69, 9.17) is 9.47 Å². The first kappa shape index (κ1) is 13.2. The van der Waals surface area contributed by atoms with Crippen molar-refractivity contribution in [3.8, 4) is 11.5 Å². The summed E-state index contributed by atoms with van der Waals surface area (Å²) >= 11 is 0. The average molecular weight is 250 g/mol. The molecule has 0 aromatic heterocycles. The number of ether oxygens (including phenoxy) is 2. The van der Waals surface area contributed by atoms with Crippen molar-refractivity contribution in [3.63, 3.8) is 0 Å². The fourth-order valence-electron chi connectivity index (χ4n) is 2.36. The first-order valence-electron chi connectivity index (χ1n) is 6.36. The van der Waals surface area contributed by atoms with Gasteiger partial charge in [0.2, 0.25) is 0 Å². The van der Waals surface area contributed by atoms with Gasteiger partial charge in [0, 0.05) is 31.7 Å². The Bertz CT molecular complexity index is 395. The second-order valence-electron chi connectivity index (χ2n) is 4.72. The molecule has 1 unspecified atom stereocenters. The summed E-state index contributed by atoms with van der Waals surface area (Å²) in [5.74, 6) is 1.75. The molecule has 0 saturated carbocycles. The summed E-state index contributed by atoms with van der Waals surface area (Å²) in [4.78, 5) is 2.40. The molecule has 1 aliphatic rings. The quantitative estimate of drug-likeness (QED) is 0.869. The Hall–Kier alpha value is -1.26. The molecule has 1 aliphatic heterocycles. The number of nitrogens with zero attached hydrogens (tertiary/aromatic N) is 1. The number of piperazine rings is 1. The molecule has 1 atom stereocenters. The molecular weight excluding hydrogens is 228 g/mol. The minimum Gasteiger partial charge on any atom is -0.497 e. The predicted molar refractivity (Wildman–Crippen MR) is 72.5 cm³/mol. The smallest absolute Gasteiger partial charge is 0.125 e. The fourth-order valence-corrected chi connectivity index (χ4v) is 2.36. The van der Waals surface area contributed by atoms with Crippen molar-refractivity contribution in [2.75, 3.05) is 40.9 Å². The maximum atomic E-state index is 5.45. The molecule has 0 radical (unpaired) electrons. The standard InChI is InChI=1S/C14H22N2O2/c1-16-7-6-15-10-12(16)8-11-4-5-13(17-2)9-14(11)18-3/h4-5,9,12,15H,6-8,10H2,1-3H3. The van der Waals surface area contributed by atoms with Gasteiger partial charge in [0.15, 0.2) is 0 Å². The van der Waals surface area contributed by atoms with E-state index in [9.17, 15) is 0 Å². The molecule has 100 valence electrons. The molecule has 0 spiro atoms. The van der Waals surface area contributed by atoms with Gasteiger partial charge in [0.05, 0.1) is 14.2 Å². The molecule has 1 fully saturated rings. The Kier molecular flexibility index (Phi) is 4.44. The van der Waals surface area contributed by atoms with E-state index in [2.05, 4.69) is 23.3 Å². The van der Waals surface area contributed by atoms with Gasteiger partial charge in [0.25, 0.3) is 0 Å². The van der Waals surface area contributed by atoms with Gasteiger partial charge < -0.3 is 19.7 Å². The van der Waals surface area contributed by atoms with Gasteiger partial charge in [-0.2, -0.15) is 0 Å². The van der Waals surface area contributed by atoms with Crippen LogP contribution in [0.2, 0.25) is 0 Å². The number of rotatable bonds is 4. The first-order valence-corrected chi connectivity index (χ1v) is 6.36. The van der Waals surface area contributed by atoms with Crippen molar-refractivity contribution in [3.05, 3.63) is 23.8 Å². The minimum absolute atomic E-state index is 0.529. The van der Waals surface area contributed by atoms with Crippen LogP contribution < -0.4 is 14.8 Å². The van der Waals surface area contributed by atoms with Crippen LogP contribution in [0, 0.1) is 0 Å². The number of nitrogens with one attached hydrogen (secondary N) is 1. The van der Waals surface area contributed by atoms with Crippen LogP contribution in [0.1, 0.15) is 5.56 Å². The summed E-state index contributed by atoms with van der Waals surface area (Å²) in [6.07, 6.45) is 0.997. The fraction of sp³-hybridized carbons (Fsp3) is 0.571. The number of hydrogen-bond acceptors (Lipinski definition) is 4. The molecule has 1 saturated heterocycles. The van der Waals surface area contributed by atoms with Crippen LogP contribution in [-0.4, -0.2) is 51.8 Å². The average Bonchev–Trinajstić information content (AvgIpc) is 2.41. The summed E-state index contributed by atoms with van der Waals surface area (Å²) in [6.45, 7) is 3.21. The third kappa shape index (κ3) is 2.94. The van der Waals surface area contributed by atoms with Crippen molar-refractivity contribution in [2.45, 2.75) is 12.5 Å². The largest absolute Gasteiger partial charge is 0.497 e. The van der Waals surface area contributed by atoms with Crippen molar-refractivity contribution in [2.24, 2.45) is 0 Å². The van der Waals surface area contributed by atoms with Crippen molar-refractivity contribution in [1.82, 2.24) is 10.2 Å². The molecule has 2 rings (SSSR count). The van der Waals surface area contributed by atoms with Gasteiger partial charge in [-0.25, -0.2) is 0 Å². The maximum absolute atomic E-state index is 5.45. The predicted octanol–water partition coefficient (Wildman–Crippen LogP) is 1.15. The molecule has 18 heavy (non-hydrogen) atoms. The molecule has 1 N–H and O–H groups in total. The summed E-state index contributed by atoms with van der Waals surface area (Å²) in [7, 11) is 5.57. The Balaban J connectivity index is 2.12. The molecule has 1 heterocycles. The summed E-state index contributed by atoms with van der Waals surface area (Å²) in [5.41, 5.74) is 1.24. The second-order valence-corrected chi connectivity index (χ2v) is 4.72. The van der Waals surface area contributed by atoms with Crippen molar-refractivity contribution < 1.29 is 9.47 Å². The minimum atomic E-state index is 0.529. The lowest BCUT2D eigenvalue weighted by atomic mass is 10.0. The van der Waals surface area contributed by atoms with Gasteiger partial charge >= 0.3 is 0 Å². The highest BCUT2D eigenvalue weighted by molar-refractivity contribution is 5.41. The van der Waals surface area contributed by atoms with Crippen LogP contribution >= 0.6 is 0 Å². The van der Waals surface area contributed by atoms with E-state index in [1.165, 1.54) is 5.56 Å². The SMILES string of the molecule is COc1ccc(CC2CNCCN2C)c(OC)c1. The molecule has 0 aliphatic carbocycles. The van der Waals surface area contributed by atoms with Gasteiger partial charge in [-0.3, -0.25) is 0 Å². The highest BCUT2D eigenvalue weighted by Crippen LogP contribution is 2.26. The monoisotopic (exact) mass is 250 g/mol. The lowest BCUT2D eigenvalue weighted by Gasteiger charge is -2.33. The van der Waals surface area contributed by atoms with E-state index >= 15 is 0 Å². The summed E-state index contributed by atoms with van der Waals surface area (Å²) < 4.78 is 10.7. The third-order valence-electron chi connectivity index (χ3n) is 3.59. The molecule has 0 amide bonds. The Morgan fingerprint density at radius 3 is 2.83 bits per heavy atom. The highest BCUT2D eigenvalue weighted by Gasteiger charge is 2.20. The van der Waals surface area contributed by atoms with E-state index < -0.39 is 0 Å². The molecule has 0 bridgehead atoms. The summed E-state index contributed by atoms with van der Waals surface area (Å²) in [5, 5.41) is 3.44. The van der Waals surface area contributed by atoms with Gasteiger partial charge in [-0.05, 0) is 25.1 Å². The van der Waals surface area contributed by atoms with Crippen LogP contribution in [0.5, 0.6) is 11.5 Å². The van der Waals surface area contributed by atoms with Crippen LogP contribution in [0.4, 0.5) is 0 Å². The maximum Gasteiger partial charge on any atom is 0.125 e. The second kappa shape index (κ2) is 6.07. The van der Waals surface area contributed by atoms with Crippen LogP contribution in [0.25, 0.3) is 0 Å². The molecule has 4 heteroatoms. The van der Waals surface area contributed by atoms with E-state index in [1.807, 2.05) is 12.1 Å². The zero-order valence-electron chi connectivity index (χ0n) is 11.4. The normalized spacial score (nSPS) is 20.7. The van der Waals surface area contributed by atoms with Crippen LogP contribution in [0.3, 0.4) is 0 Å². The number of likely N-dealkylation sites (N-methyl/N-ethyl adjacent to an activating group) is 1. The van der Waals surface area contributed by atoms with E-state index in [0.29, 0.717) is 6.04 Å². The van der Waals surface area contributed by atoms with Crippen LogP contribution in [0.15, 0.2) is 18.2 Å². The third-order valence-corrected chi connectivity index (χ3v) is 3.59. The van der Waals surface area contributed by atoms with Crippen molar-refractivity contribution in [1.29, 1.82) is 0 Å².